The molecule has 26 heavy (non-hydrogen) atoms. The highest BCUT2D eigenvalue weighted by Gasteiger charge is 2.35. The van der Waals surface area contributed by atoms with Gasteiger partial charge in [0.25, 0.3) is 5.91 Å². The first-order chi connectivity index (χ1) is 12.6. The SMILES string of the molecule is CC[C@@H](C(=O)O)N1Cc2ccc(-c3ccc4c(c3)OCCO4)cc2C1=O. The Morgan fingerprint density at radius 2 is 1.81 bits per heavy atom. The topological polar surface area (TPSA) is 76.1 Å². The molecule has 0 aromatic heterocycles. The van der Waals surface area contributed by atoms with Crippen molar-refractivity contribution in [3.05, 3.63) is 47.5 Å². The summed E-state index contributed by atoms with van der Waals surface area (Å²) in [5.74, 6) is 0.212. The van der Waals surface area contributed by atoms with Crippen molar-refractivity contribution in [3.63, 3.8) is 0 Å². The van der Waals surface area contributed by atoms with Gasteiger partial charge in [-0.1, -0.05) is 25.1 Å². The zero-order chi connectivity index (χ0) is 18.3. The van der Waals surface area contributed by atoms with Crippen molar-refractivity contribution in [2.45, 2.75) is 25.9 Å². The maximum absolute atomic E-state index is 12.7. The van der Waals surface area contributed by atoms with Crippen LogP contribution in [0.1, 0.15) is 29.3 Å². The first-order valence-corrected chi connectivity index (χ1v) is 8.65. The van der Waals surface area contributed by atoms with Gasteiger partial charge in [0, 0.05) is 12.1 Å². The van der Waals surface area contributed by atoms with E-state index in [1.54, 1.807) is 6.92 Å². The molecule has 0 unspecified atom stereocenters. The Bertz CT molecular complexity index is 892. The number of carbonyl (C=O) groups excluding carboxylic acids is 1. The molecule has 1 atom stereocenters. The first kappa shape index (κ1) is 16.4. The number of carbonyl (C=O) groups is 2. The Kier molecular flexibility index (Phi) is 4.03. The largest absolute Gasteiger partial charge is 0.486 e. The number of hydrogen-bond acceptors (Lipinski definition) is 4. The maximum atomic E-state index is 12.7. The van der Waals surface area contributed by atoms with Gasteiger partial charge in [-0.25, -0.2) is 4.79 Å². The minimum Gasteiger partial charge on any atom is -0.486 e. The van der Waals surface area contributed by atoms with E-state index in [1.165, 1.54) is 4.90 Å². The molecule has 2 aromatic carbocycles. The van der Waals surface area contributed by atoms with Crippen molar-refractivity contribution >= 4 is 11.9 Å². The molecule has 6 heteroatoms. The van der Waals surface area contributed by atoms with Gasteiger partial charge in [-0.3, -0.25) is 4.79 Å². The predicted octanol–water partition coefficient (Wildman–Crippen LogP) is 2.94. The minimum atomic E-state index is -0.972. The molecule has 0 fully saturated rings. The quantitative estimate of drug-likeness (QED) is 0.915. The summed E-state index contributed by atoms with van der Waals surface area (Å²) in [5, 5.41) is 9.36. The van der Waals surface area contributed by atoms with Crippen LogP contribution < -0.4 is 9.47 Å². The second-order valence-electron chi connectivity index (χ2n) is 6.43. The fraction of sp³-hybridized carbons (Fsp3) is 0.300. The molecule has 2 aliphatic heterocycles. The van der Waals surface area contributed by atoms with Crippen molar-refractivity contribution in [1.82, 2.24) is 4.90 Å². The summed E-state index contributed by atoms with van der Waals surface area (Å²) in [7, 11) is 0. The third-order valence-corrected chi connectivity index (χ3v) is 4.87. The highest BCUT2D eigenvalue weighted by atomic mass is 16.6. The van der Waals surface area contributed by atoms with Crippen LogP contribution in [0.25, 0.3) is 11.1 Å². The number of amides is 1. The third kappa shape index (κ3) is 2.67. The van der Waals surface area contributed by atoms with Crippen LogP contribution in [-0.4, -0.2) is 41.1 Å². The van der Waals surface area contributed by atoms with E-state index < -0.39 is 12.0 Å². The molecule has 0 bridgehead atoms. The van der Waals surface area contributed by atoms with E-state index in [9.17, 15) is 14.7 Å². The molecule has 0 saturated heterocycles. The van der Waals surface area contributed by atoms with Gasteiger partial charge in [-0.05, 0) is 41.3 Å². The van der Waals surface area contributed by atoms with E-state index in [2.05, 4.69) is 0 Å². The number of hydrogen-bond donors (Lipinski definition) is 1. The lowest BCUT2D eigenvalue weighted by Gasteiger charge is -2.22. The molecule has 0 radical (unpaired) electrons. The van der Waals surface area contributed by atoms with E-state index in [4.69, 9.17) is 9.47 Å². The molecule has 134 valence electrons. The number of carboxylic acid groups (broad SMARTS) is 1. The molecular weight excluding hydrogens is 334 g/mol. The van der Waals surface area contributed by atoms with Crippen molar-refractivity contribution in [3.8, 4) is 22.6 Å². The average molecular weight is 353 g/mol. The van der Waals surface area contributed by atoms with E-state index >= 15 is 0 Å². The summed E-state index contributed by atoms with van der Waals surface area (Å²) >= 11 is 0. The van der Waals surface area contributed by atoms with E-state index in [0.717, 1.165) is 22.4 Å². The summed E-state index contributed by atoms with van der Waals surface area (Å²) in [6.07, 6.45) is 0.379. The number of rotatable bonds is 4. The first-order valence-electron chi connectivity index (χ1n) is 8.65. The summed E-state index contributed by atoms with van der Waals surface area (Å²) in [6.45, 7) is 3.16. The van der Waals surface area contributed by atoms with Crippen LogP contribution in [0.15, 0.2) is 36.4 Å². The summed E-state index contributed by atoms with van der Waals surface area (Å²) in [4.78, 5) is 25.6. The van der Waals surface area contributed by atoms with Crippen LogP contribution in [0.5, 0.6) is 11.5 Å². The zero-order valence-corrected chi connectivity index (χ0v) is 14.4. The Morgan fingerprint density at radius 3 is 2.54 bits per heavy atom. The molecule has 0 aliphatic carbocycles. The van der Waals surface area contributed by atoms with E-state index in [0.29, 0.717) is 37.5 Å². The molecule has 0 saturated carbocycles. The number of nitrogens with zero attached hydrogens (tertiary/aromatic N) is 1. The van der Waals surface area contributed by atoms with Gasteiger partial charge in [-0.15, -0.1) is 0 Å². The molecule has 4 rings (SSSR count). The number of benzene rings is 2. The monoisotopic (exact) mass is 353 g/mol. The number of fused-ring (bicyclic) bond motifs is 2. The van der Waals surface area contributed by atoms with E-state index in [-0.39, 0.29) is 5.91 Å². The second-order valence-corrected chi connectivity index (χ2v) is 6.43. The molecule has 2 heterocycles. The summed E-state index contributed by atoms with van der Waals surface area (Å²) in [6, 6.07) is 10.6. The third-order valence-electron chi connectivity index (χ3n) is 4.87. The Labute approximate surface area is 151 Å². The Hall–Kier alpha value is -3.02. The summed E-state index contributed by atoms with van der Waals surface area (Å²) in [5.41, 5.74) is 3.24. The maximum Gasteiger partial charge on any atom is 0.326 e. The number of aliphatic carboxylic acids is 1. The van der Waals surface area contributed by atoms with Crippen LogP contribution in [0.3, 0.4) is 0 Å². The van der Waals surface area contributed by atoms with Crippen molar-refractivity contribution in [1.29, 1.82) is 0 Å². The van der Waals surface area contributed by atoms with Gasteiger partial charge in [0.15, 0.2) is 11.5 Å². The van der Waals surface area contributed by atoms with Crippen LogP contribution >= 0.6 is 0 Å². The van der Waals surface area contributed by atoms with Gasteiger partial charge >= 0.3 is 5.97 Å². The van der Waals surface area contributed by atoms with Gasteiger partial charge < -0.3 is 19.5 Å². The van der Waals surface area contributed by atoms with Crippen LogP contribution in [0.2, 0.25) is 0 Å². The fourth-order valence-corrected chi connectivity index (χ4v) is 3.51. The lowest BCUT2D eigenvalue weighted by Crippen LogP contribution is -2.40. The molecule has 6 nitrogen and oxygen atoms in total. The molecule has 0 spiro atoms. The second kappa shape index (κ2) is 6.37. The zero-order valence-electron chi connectivity index (χ0n) is 14.4. The smallest absolute Gasteiger partial charge is 0.326 e. The Morgan fingerprint density at radius 1 is 1.12 bits per heavy atom. The van der Waals surface area contributed by atoms with Crippen molar-refractivity contribution in [2.24, 2.45) is 0 Å². The molecule has 1 amide bonds. The van der Waals surface area contributed by atoms with Crippen LogP contribution in [-0.2, 0) is 11.3 Å². The molecular formula is C20H19NO5. The van der Waals surface area contributed by atoms with Gasteiger partial charge in [0.1, 0.15) is 19.3 Å². The average Bonchev–Trinajstić information content (AvgIpc) is 2.98. The standard InChI is InChI=1S/C20H19NO5/c1-2-16(20(23)24)21-11-14-4-3-12(9-15(14)19(21)22)13-5-6-17-18(10-13)26-8-7-25-17/h3-6,9-10,16H,2,7-8,11H2,1H3,(H,23,24)/t16-/m0/s1. The predicted molar refractivity (Wildman–Crippen MR) is 94.5 cm³/mol. The molecule has 2 aliphatic rings. The molecule has 1 N–H and O–H groups in total. The van der Waals surface area contributed by atoms with Gasteiger partial charge in [0.2, 0.25) is 0 Å². The lowest BCUT2D eigenvalue weighted by molar-refractivity contribution is -0.142. The van der Waals surface area contributed by atoms with Crippen molar-refractivity contribution in [2.75, 3.05) is 13.2 Å². The number of carboxylic acids is 1. The van der Waals surface area contributed by atoms with E-state index in [1.807, 2.05) is 36.4 Å². The summed E-state index contributed by atoms with van der Waals surface area (Å²) < 4.78 is 11.2. The Balaban J connectivity index is 1.67. The normalized spacial score (nSPS) is 16.3. The van der Waals surface area contributed by atoms with Crippen LogP contribution in [0, 0.1) is 0 Å². The highest BCUT2D eigenvalue weighted by molar-refractivity contribution is 6.01. The fourth-order valence-electron chi connectivity index (χ4n) is 3.51. The minimum absolute atomic E-state index is 0.228. The number of ether oxygens (including phenoxy) is 2. The van der Waals surface area contributed by atoms with Gasteiger partial charge in [0.05, 0.1) is 0 Å². The van der Waals surface area contributed by atoms with Gasteiger partial charge in [-0.2, -0.15) is 0 Å². The van der Waals surface area contributed by atoms with Crippen molar-refractivity contribution < 1.29 is 24.2 Å². The van der Waals surface area contributed by atoms with Crippen LogP contribution in [0.4, 0.5) is 0 Å². The lowest BCUT2D eigenvalue weighted by atomic mass is 10.00. The molecule has 2 aromatic rings. The highest BCUT2D eigenvalue weighted by Crippen LogP contribution is 2.36.